The van der Waals surface area contributed by atoms with Crippen LogP contribution >= 0.6 is 0 Å². The first-order valence-electron chi connectivity index (χ1n) is 6.30. The normalized spacial score (nSPS) is 27.6. The number of fused-ring (bicyclic) bond motifs is 1. The Morgan fingerprint density at radius 1 is 1.37 bits per heavy atom. The highest BCUT2D eigenvalue weighted by molar-refractivity contribution is 7.91. The summed E-state index contributed by atoms with van der Waals surface area (Å²) >= 11 is 0. The summed E-state index contributed by atoms with van der Waals surface area (Å²) in [5.74, 6) is 1.98. The second-order valence-electron chi connectivity index (χ2n) is 5.41. The average molecular weight is 283 g/mol. The first kappa shape index (κ1) is 12.7. The molecule has 2 aliphatic heterocycles. The number of hydrogen-bond acceptors (Lipinski definition) is 5. The average Bonchev–Trinajstić information content (AvgIpc) is 2.92. The molecule has 0 saturated carbocycles. The van der Waals surface area contributed by atoms with Gasteiger partial charge in [0, 0.05) is 17.6 Å². The molecule has 6 heteroatoms. The molecular formula is C13H17NO4S. The summed E-state index contributed by atoms with van der Waals surface area (Å²) in [6, 6.07) is 5.75. The summed E-state index contributed by atoms with van der Waals surface area (Å²) in [5, 5.41) is 3.34. The molecule has 19 heavy (non-hydrogen) atoms. The zero-order valence-electron chi connectivity index (χ0n) is 10.8. The summed E-state index contributed by atoms with van der Waals surface area (Å²) in [7, 11) is -2.89. The Labute approximate surface area is 112 Å². The SMILES string of the molecule is CC1(NCc2cccc3c2OCO3)CCS(=O)(=O)C1. The van der Waals surface area contributed by atoms with Crippen LogP contribution in [0.4, 0.5) is 0 Å². The lowest BCUT2D eigenvalue weighted by Crippen LogP contribution is -2.42. The van der Waals surface area contributed by atoms with Gasteiger partial charge >= 0.3 is 0 Å². The molecule has 1 atom stereocenters. The molecule has 1 unspecified atom stereocenters. The third kappa shape index (κ3) is 2.55. The van der Waals surface area contributed by atoms with Crippen molar-refractivity contribution in [3.05, 3.63) is 23.8 Å². The standard InChI is InChI=1S/C13H17NO4S/c1-13(5-6-19(15,16)8-13)14-7-10-3-2-4-11-12(10)18-9-17-11/h2-4,14H,5-9H2,1H3. The van der Waals surface area contributed by atoms with E-state index < -0.39 is 9.84 Å². The zero-order valence-corrected chi connectivity index (χ0v) is 11.6. The highest BCUT2D eigenvalue weighted by Crippen LogP contribution is 2.35. The Balaban J connectivity index is 1.72. The van der Waals surface area contributed by atoms with Crippen molar-refractivity contribution >= 4 is 9.84 Å². The van der Waals surface area contributed by atoms with Gasteiger partial charge in [0.05, 0.1) is 11.5 Å². The van der Waals surface area contributed by atoms with Crippen molar-refractivity contribution in [2.24, 2.45) is 0 Å². The van der Waals surface area contributed by atoms with Gasteiger partial charge in [-0.15, -0.1) is 0 Å². The van der Waals surface area contributed by atoms with Gasteiger partial charge in [-0.2, -0.15) is 0 Å². The maximum absolute atomic E-state index is 11.6. The highest BCUT2D eigenvalue weighted by Gasteiger charge is 2.38. The second kappa shape index (κ2) is 4.38. The van der Waals surface area contributed by atoms with Gasteiger partial charge < -0.3 is 14.8 Å². The number of rotatable bonds is 3. The fourth-order valence-electron chi connectivity index (χ4n) is 2.59. The van der Waals surface area contributed by atoms with Crippen LogP contribution in [0.25, 0.3) is 0 Å². The summed E-state index contributed by atoms with van der Waals surface area (Å²) in [4.78, 5) is 0. The van der Waals surface area contributed by atoms with E-state index in [4.69, 9.17) is 9.47 Å². The summed E-state index contributed by atoms with van der Waals surface area (Å²) in [6.07, 6.45) is 0.654. The Kier molecular flexibility index (Phi) is 2.94. The molecule has 1 fully saturated rings. The molecule has 0 aliphatic carbocycles. The van der Waals surface area contributed by atoms with Crippen LogP contribution in [0.3, 0.4) is 0 Å². The van der Waals surface area contributed by atoms with E-state index in [2.05, 4.69) is 5.32 Å². The Morgan fingerprint density at radius 3 is 2.95 bits per heavy atom. The van der Waals surface area contributed by atoms with Crippen molar-refractivity contribution in [1.82, 2.24) is 5.32 Å². The third-order valence-electron chi connectivity index (χ3n) is 3.69. The largest absolute Gasteiger partial charge is 0.454 e. The molecule has 1 N–H and O–H groups in total. The molecule has 5 nitrogen and oxygen atoms in total. The van der Waals surface area contributed by atoms with Gasteiger partial charge in [-0.05, 0) is 19.4 Å². The van der Waals surface area contributed by atoms with E-state index in [1.165, 1.54) is 0 Å². The van der Waals surface area contributed by atoms with E-state index in [-0.39, 0.29) is 23.8 Å². The van der Waals surface area contributed by atoms with E-state index in [1.807, 2.05) is 25.1 Å². The number of nitrogens with one attached hydrogen (secondary N) is 1. The van der Waals surface area contributed by atoms with Gasteiger partial charge in [0.1, 0.15) is 0 Å². The van der Waals surface area contributed by atoms with Crippen molar-refractivity contribution < 1.29 is 17.9 Å². The minimum atomic E-state index is -2.89. The lowest BCUT2D eigenvalue weighted by atomic mass is 10.0. The van der Waals surface area contributed by atoms with E-state index in [0.717, 1.165) is 17.1 Å². The lowest BCUT2D eigenvalue weighted by Gasteiger charge is -2.24. The van der Waals surface area contributed by atoms with Gasteiger partial charge in [-0.1, -0.05) is 12.1 Å². The van der Waals surface area contributed by atoms with E-state index >= 15 is 0 Å². The molecule has 0 radical (unpaired) electrons. The van der Waals surface area contributed by atoms with E-state index in [9.17, 15) is 8.42 Å². The second-order valence-corrected chi connectivity index (χ2v) is 7.59. The van der Waals surface area contributed by atoms with E-state index in [1.54, 1.807) is 0 Å². The number of benzene rings is 1. The quantitative estimate of drug-likeness (QED) is 0.899. The highest BCUT2D eigenvalue weighted by atomic mass is 32.2. The predicted molar refractivity (Wildman–Crippen MR) is 71.1 cm³/mol. The molecule has 0 bridgehead atoms. The van der Waals surface area contributed by atoms with Crippen LogP contribution in [0.5, 0.6) is 11.5 Å². The van der Waals surface area contributed by atoms with Crippen LogP contribution in [-0.4, -0.2) is 32.3 Å². The fraction of sp³-hybridized carbons (Fsp3) is 0.538. The van der Waals surface area contributed by atoms with Crippen LogP contribution in [0.15, 0.2) is 18.2 Å². The molecule has 104 valence electrons. The topological polar surface area (TPSA) is 64.6 Å². The first-order chi connectivity index (χ1) is 8.98. The van der Waals surface area contributed by atoms with Gasteiger partial charge in [0.2, 0.25) is 6.79 Å². The van der Waals surface area contributed by atoms with Crippen molar-refractivity contribution in [2.75, 3.05) is 18.3 Å². The van der Waals surface area contributed by atoms with Crippen molar-refractivity contribution in [2.45, 2.75) is 25.4 Å². The van der Waals surface area contributed by atoms with E-state index in [0.29, 0.717) is 13.0 Å². The van der Waals surface area contributed by atoms with Crippen molar-refractivity contribution in [3.63, 3.8) is 0 Å². The smallest absolute Gasteiger partial charge is 0.231 e. The number of sulfone groups is 1. The molecule has 0 amide bonds. The maximum atomic E-state index is 11.6. The van der Waals surface area contributed by atoms with Crippen LogP contribution in [0.2, 0.25) is 0 Å². The van der Waals surface area contributed by atoms with Crippen molar-refractivity contribution in [3.8, 4) is 11.5 Å². The lowest BCUT2D eigenvalue weighted by molar-refractivity contribution is 0.173. The third-order valence-corrected chi connectivity index (χ3v) is 5.59. The molecule has 1 saturated heterocycles. The van der Waals surface area contributed by atoms with Gasteiger partial charge in [-0.3, -0.25) is 0 Å². The van der Waals surface area contributed by atoms with Crippen LogP contribution < -0.4 is 14.8 Å². The molecule has 0 aromatic heterocycles. The Morgan fingerprint density at radius 2 is 2.21 bits per heavy atom. The van der Waals surface area contributed by atoms with Crippen LogP contribution in [-0.2, 0) is 16.4 Å². The molecule has 2 aliphatic rings. The van der Waals surface area contributed by atoms with Gasteiger partial charge in [0.25, 0.3) is 0 Å². The number of ether oxygens (including phenoxy) is 2. The molecular weight excluding hydrogens is 266 g/mol. The molecule has 2 heterocycles. The minimum Gasteiger partial charge on any atom is -0.454 e. The Hall–Kier alpha value is -1.27. The number of hydrogen-bond donors (Lipinski definition) is 1. The summed E-state index contributed by atoms with van der Waals surface area (Å²) < 4.78 is 33.9. The first-order valence-corrected chi connectivity index (χ1v) is 8.13. The van der Waals surface area contributed by atoms with Crippen molar-refractivity contribution in [1.29, 1.82) is 0 Å². The maximum Gasteiger partial charge on any atom is 0.231 e. The molecule has 1 aromatic carbocycles. The zero-order chi connectivity index (χ0) is 13.5. The monoisotopic (exact) mass is 283 g/mol. The molecule has 1 aromatic rings. The summed E-state index contributed by atoms with van der Waals surface area (Å²) in [6.45, 7) is 2.79. The predicted octanol–water partition coefficient (Wildman–Crippen LogP) is 1.08. The van der Waals surface area contributed by atoms with Gasteiger partial charge in [-0.25, -0.2) is 8.42 Å². The van der Waals surface area contributed by atoms with Crippen LogP contribution in [0, 0.1) is 0 Å². The molecule has 3 rings (SSSR count). The van der Waals surface area contributed by atoms with Crippen LogP contribution in [0.1, 0.15) is 18.9 Å². The number of para-hydroxylation sites is 1. The molecule has 0 spiro atoms. The van der Waals surface area contributed by atoms with Gasteiger partial charge in [0.15, 0.2) is 21.3 Å². The summed E-state index contributed by atoms with van der Waals surface area (Å²) in [5.41, 5.74) is 0.654. The fourth-order valence-corrected chi connectivity index (χ4v) is 4.71. The Bertz CT molecular complexity index is 599. The minimum absolute atomic E-state index is 0.201.